The summed E-state index contributed by atoms with van der Waals surface area (Å²) in [5, 5.41) is 20.7. The smallest absolute Gasteiger partial charge is 0.252 e. The van der Waals surface area contributed by atoms with Gasteiger partial charge < -0.3 is 15.0 Å². The Hall–Kier alpha value is -2.85. The lowest BCUT2D eigenvalue weighted by atomic mass is 9.51. The average Bonchev–Trinajstić information content (AvgIpc) is 3.43. The molecule has 0 aliphatic carbocycles. The highest BCUT2D eigenvalue weighted by Gasteiger charge is 2.39. The first-order valence-electron chi connectivity index (χ1n) is 10.1. The average molecular weight is 451 g/mol. The van der Waals surface area contributed by atoms with E-state index in [1.807, 2.05) is 12.1 Å². The lowest BCUT2D eigenvalue weighted by molar-refractivity contribution is -0.133. The summed E-state index contributed by atoms with van der Waals surface area (Å²) in [6, 6.07) is 12.2. The van der Waals surface area contributed by atoms with Gasteiger partial charge in [0.2, 0.25) is 10.3 Å². The fraction of sp³-hybridized carbons (Fsp3) is 0.316. The van der Waals surface area contributed by atoms with E-state index in [1.54, 1.807) is 36.5 Å². The highest BCUT2D eigenvalue weighted by Crippen LogP contribution is 2.29. The minimum absolute atomic E-state index is 0.136. The second-order valence-electron chi connectivity index (χ2n) is 7.58. The molecule has 0 bridgehead atoms. The summed E-state index contributed by atoms with van der Waals surface area (Å²) in [7, 11) is 22.9. The Bertz CT molecular complexity index is 1090. The number of carbonyl (C=O) groups excluding carboxylic acids is 1. The molecule has 2 N–H and O–H groups in total. The fourth-order valence-corrected chi connectivity index (χ4v) is 4.16. The number of ether oxygens (including phenoxy) is 1. The molecule has 33 heavy (non-hydrogen) atoms. The third-order valence-electron chi connectivity index (χ3n) is 4.92. The van der Waals surface area contributed by atoms with Gasteiger partial charge in [0.1, 0.15) is 13.3 Å². The molecule has 2 atom stereocenters. The maximum absolute atomic E-state index is 13.0. The number of aromatic nitrogens is 4. The van der Waals surface area contributed by atoms with Crippen LogP contribution in [0.5, 0.6) is 0 Å². The maximum Gasteiger partial charge on any atom is 0.252 e. The molecule has 3 aromatic rings. The Balaban J connectivity index is 1.41. The SMILES string of the molecule is [B]C([B])([B])O[C@]([B])(C(=O)Nc1nnc(N[C@@H]2CCN(c3cccnn3)C2)s1)c1ccccc1. The van der Waals surface area contributed by atoms with Gasteiger partial charge in [-0.05, 0) is 29.4 Å². The molecule has 1 saturated heterocycles. The third-order valence-corrected chi connectivity index (χ3v) is 5.69. The number of rotatable bonds is 8. The van der Waals surface area contributed by atoms with E-state index in [1.165, 1.54) is 0 Å². The third kappa shape index (κ3) is 5.75. The first kappa shape index (κ1) is 23.3. The number of amides is 1. The zero-order valence-electron chi connectivity index (χ0n) is 17.6. The van der Waals surface area contributed by atoms with Crippen LogP contribution in [0.25, 0.3) is 0 Å². The normalized spacial score (nSPS) is 17.9. The number of anilines is 3. The molecule has 2 aromatic heterocycles. The maximum atomic E-state index is 13.0. The summed E-state index contributed by atoms with van der Waals surface area (Å²) in [6.07, 6.45) is 2.52. The van der Waals surface area contributed by atoms with Crippen LogP contribution in [0.15, 0.2) is 48.7 Å². The van der Waals surface area contributed by atoms with E-state index in [2.05, 4.69) is 35.9 Å². The van der Waals surface area contributed by atoms with Crippen LogP contribution in [-0.4, -0.2) is 82.1 Å². The van der Waals surface area contributed by atoms with Crippen LogP contribution in [0.3, 0.4) is 0 Å². The van der Waals surface area contributed by atoms with Gasteiger partial charge in [0.25, 0.3) is 5.91 Å². The zero-order chi connectivity index (χ0) is 23.5. The van der Waals surface area contributed by atoms with Gasteiger partial charge in [-0.3, -0.25) is 10.1 Å². The molecular formula is C19H17B4N7O2S. The predicted molar refractivity (Wildman–Crippen MR) is 130 cm³/mol. The Morgan fingerprint density at radius 1 is 1.06 bits per heavy atom. The molecule has 4 rings (SSSR count). The molecule has 1 amide bonds. The van der Waals surface area contributed by atoms with Crippen molar-refractivity contribution in [2.75, 3.05) is 28.6 Å². The highest BCUT2D eigenvalue weighted by atomic mass is 32.1. The van der Waals surface area contributed by atoms with E-state index in [-0.39, 0.29) is 11.2 Å². The first-order chi connectivity index (χ1) is 15.7. The predicted octanol–water partition coefficient (Wildman–Crippen LogP) is 0.112. The van der Waals surface area contributed by atoms with Gasteiger partial charge in [0, 0.05) is 25.3 Å². The summed E-state index contributed by atoms with van der Waals surface area (Å²) in [5.74, 6) is 0.0693. The van der Waals surface area contributed by atoms with E-state index in [4.69, 9.17) is 36.1 Å². The Labute approximate surface area is 200 Å². The van der Waals surface area contributed by atoms with E-state index < -0.39 is 16.7 Å². The largest absolute Gasteiger partial charge is 0.392 e. The van der Waals surface area contributed by atoms with Crippen molar-refractivity contribution in [1.82, 2.24) is 20.4 Å². The number of hydrogen-bond donors (Lipinski definition) is 2. The highest BCUT2D eigenvalue weighted by molar-refractivity contribution is 7.19. The second-order valence-corrected chi connectivity index (χ2v) is 8.56. The fourth-order valence-electron chi connectivity index (χ4n) is 3.45. The van der Waals surface area contributed by atoms with Crippen LogP contribution in [-0.2, 0) is 15.0 Å². The molecule has 1 aliphatic heterocycles. The topological polar surface area (TPSA) is 105 Å². The molecular weight excluding hydrogens is 434 g/mol. The van der Waals surface area contributed by atoms with Gasteiger partial charge >= 0.3 is 0 Å². The van der Waals surface area contributed by atoms with Gasteiger partial charge in [-0.25, -0.2) is 0 Å². The lowest BCUT2D eigenvalue weighted by Gasteiger charge is -2.37. The van der Waals surface area contributed by atoms with E-state index in [0.29, 0.717) is 10.7 Å². The summed E-state index contributed by atoms with van der Waals surface area (Å²) in [6.45, 7) is 1.57. The number of carbonyl (C=O) groups is 1. The molecule has 0 saturated carbocycles. The van der Waals surface area contributed by atoms with Crippen molar-refractivity contribution in [2.45, 2.75) is 23.3 Å². The molecule has 0 spiro atoms. The van der Waals surface area contributed by atoms with Crippen molar-refractivity contribution in [3.63, 3.8) is 0 Å². The Morgan fingerprint density at radius 2 is 1.82 bits per heavy atom. The van der Waals surface area contributed by atoms with Crippen LogP contribution in [0.4, 0.5) is 16.1 Å². The van der Waals surface area contributed by atoms with Crippen LogP contribution in [0, 0.1) is 0 Å². The standard InChI is InChI=1S/C19H17B4N7O2S/c20-18(32-19(21,22)23,12-5-2-1-3-6-12)15(31)26-17-29-28-16(33-17)25-13-8-10-30(11-13)14-7-4-9-24-27-14/h1-7,9,13H,8,10-11H2,(H,25,28)(H,26,29,31)/t13-,18+/m1/s1. The van der Waals surface area contributed by atoms with Crippen molar-refractivity contribution >= 4 is 64.7 Å². The summed E-state index contributed by atoms with van der Waals surface area (Å²) >= 11 is 1.16. The second kappa shape index (κ2) is 9.56. The molecule has 1 aromatic carbocycles. The van der Waals surface area contributed by atoms with Crippen molar-refractivity contribution in [3.05, 3.63) is 54.2 Å². The van der Waals surface area contributed by atoms with Crippen molar-refractivity contribution in [3.8, 4) is 0 Å². The number of benzene rings is 1. The van der Waals surface area contributed by atoms with Crippen LogP contribution < -0.4 is 15.5 Å². The molecule has 1 fully saturated rings. The molecule has 9 nitrogen and oxygen atoms in total. The van der Waals surface area contributed by atoms with Gasteiger partial charge in [0.15, 0.2) is 5.82 Å². The summed E-state index contributed by atoms with van der Waals surface area (Å²) in [4.78, 5) is 15.2. The summed E-state index contributed by atoms with van der Waals surface area (Å²) in [5.41, 5.74) is -1.74. The minimum Gasteiger partial charge on any atom is -0.392 e. The number of hydrogen-bond acceptors (Lipinski definition) is 9. The van der Waals surface area contributed by atoms with Crippen molar-refractivity contribution < 1.29 is 9.53 Å². The number of nitrogens with one attached hydrogen (secondary N) is 2. The molecule has 14 heteroatoms. The quantitative estimate of drug-likeness (QED) is 0.466. The minimum atomic E-state index is -2.15. The molecule has 8 radical (unpaired) electrons. The zero-order valence-corrected chi connectivity index (χ0v) is 18.4. The van der Waals surface area contributed by atoms with Crippen molar-refractivity contribution in [2.24, 2.45) is 0 Å². The van der Waals surface area contributed by atoms with Gasteiger partial charge in [-0.15, -0.1) is 15.3 Å². The van der Waals surface area contributed by atoms with E-state index >= 15 is 0 Å². The Morgan fingerprint density at radius 3 is 2.52 bits per heavy atom. The van der Waals surface area contributed by atoms with Crippen LogP contribution >= 0.6 is 11.3 Å². The van der Waals surface area contributed by atoms with E-state index in [0.717, 1.165) is 36.7 Å². The van der Waals surface area contributed by atoms with Gasteiger partial charge in [0.05, 0.1) is 23.5 Å². The van der Waals surface area contributed by atoms with Crippen molar-refractivity contribution in [1.29, 1.82) is 0 Å². The molecule has 1 aliphatic rings. The summed E-state index contributed by atoms with van der Waals surface area (Å²) < 4.78 is 5.34. The molecule has 158 valence electrons. The lowest BCUT2D eigenvalue weighted by Crippen LogP contribution is -2.51. The van der Waals surface area contributed by atoms with Gasteiger partial charge in [-0.1, -0.05) is 41.7 Å². The Kier molecular flexibility index (Phi) is 6.75. The molecule has 3 heterocycles. The van der Waals surface area contributed by atoms with E-state index in [9.17, 15) is 4.79 Å². The number of nitrogens with zero attached hydrogens (tertiary/aromatic N) is 5. The monoisotopic (exact) mass is 451 g/mol. The molecule has 0 unspecified atom stereocenters. The van der Waals surface area contributed by atoms with Gasteiger partial charge in [-0.2, -0.15) is 5.10 Å². The first-order valence-corrected chi connectivity index (χ1v) is 10.9. The van der Waals surface area contributed by atoms with Crippen LogP contribution in [0.2, 0.25) is 0 Å². The van der Waals surface area contributed by atoms with Crippen LogP contribution in [0.1, 0.15) is 12.0 Å².